The SMILES string of the molecule is O=C(CC1CCCCC1)N1CCC(C2c3ccc(Cl)cc3CCc3cc(Br)cnc32)CC1. The Bertz CT molecular complexity index is 926. The van der Waals surface area contributed by atoms with E-state index in [4.69, 9.17) is 16.6 Å². The Morgan fingerprint density at radius 2 is 1.78 bits per heavy atom. The van der Waals surface area contributed by atoms with Crippen LogP contribution in [-0.2, 0) is 17.6 Å². The highest BCUT2D eigenvalue weighted by molar-refractivity contribution is 9.10. The van der Waals surface area contributed by atoms with Gasteiger partial charge in [0.15, 0.2) is 0 Å². The fourth-order valence-corrected chi connectivity index (χ4v) is 6.78. The normalized spacial score (nSPS) is 22.2. The van der Waals surface area contributed by atoms with Crippen molar-refractivity contribution in [3.63, 3.8) is 0 Å². The molecule has 5 rings (SSSR count). The van der Waals surface area contributed by atoms with Crippen LogP contribution in [0, 0.1) is 11.8 Å². The van der Waals surface area contributed by atoms with Crippen LogP contribution in [0.25, 0.3) is 0 Å². The lowest BCUT2D eigenvalue weighted by atomic mass is 9.76. The fraction of sp³-hybridized carbons (Fsp3) is 0.556. The van der Waals surface area contributed by atoms with Crippen LogP contribution in [0.5, 0.6) is 0 Å². The summed E-state index contributed by atoms with van der Waals surface area (Å²) in [5.41, 5.74) is 5.30. The number of pyridine rings is 1. The first-order chi connectivity index (χ1) is 15.6. The molecular formula is C27H32BrClN2O. The molecule has 0 N–H and O–H groups in total. The molecule has 2 fully saturated rings. The second-order valence-electron chi connectivity index (χ2n) is 9.95. The first-order valence-corrected chi connectivity index (χ1v) is 13.5. The summed E-state index contributed by atoms with van der Waals surface area (Å²) in [5, 5.41) is 0.811. The van der Waals surface area contributed by atoms with Crippen LogP contribution in [0.1, 0.15) is 79.7 Å². The Hall–Kier alpha value is -1.39. The number of aryl methyl sites for hydroxylation is 2. The van der Waals surface area contributed by atoms with Crippen molar-refractivity contribution >= 4 is 33.4 Å². The Kier molecular flexibility index (Phi) is 6.89. The molecular weight excluding hydrogens is 484 g/mol. The molecule has 1 aromatic heterocycles. The third kappa shape index (κ3) is 4.77. The van der Waals surface area contributed by atoms with E-state index in [0.29, 0.717) is 17.7 Å². The zero-order valence-electron chi connectivity index (χ0n) is 18.7. The average molecular weight is 516 g/mol. The highest BCUT2D eigenvalue weighted by Crippen LogP contribution is 2.43. The van der Waals surface area contributed by atoms with Crippen molar-refractivity contribution in [2.75, 3.05) is 13.1 Å². The maximum atomic E-state index is 13.0. The largest absolute Gasteiger partial charge is 0.343 e. The van der Waals surface area contributed by atoms with Crippen molar-refractivity contribution in [2.45, 2.75) is 70.1 Å². The predicted molar refractivity (Wildman–Crippen MR) is 133 cm³/mol. The maximum Gasteiger partial charge on any atom is 0.222 e. The van der Waals surface area contributed by atoms with Gasteiger partial charge in [-0.05, 0) is 101 Å². The molecule has 2 heterocycles. The van der Waals surface area contributed by atoms with Crippen LogP contribution >= 0.6 is 27.5 Å². The van der Waals surface area contributed by atoms with Crippen LogP contribution in [-0.4, -0.2) is 28.9 Å². The van der Waals surface area contributed by atoms with Crippen molar-refractivity contribution in [1.29, 1.82) is 0 Å². The summed E-state index contributed by atoms with van der Waals surface area (Å²) in [4.78, 5) is 20.0. The third-order valence-electron chi connectivity index (χ3n) is 7.92. The van der Waals surface area contributed by atoms with E-state index in [9.17, 15) is 4.79 Å². The second kappa shape index (κ2) is 9.85. The summed E-state index contributed by atoms with van der Waals surface area (Å²) < 4.78 is 1.04. The molecule has 32 heavy (non-hydrogen) atoms. The van der Waals surface area contributed by atoms with Crippen LogP contribution in [0.2, 0.25) is 5.02 Å². The van der Waals surface area contributed by atoms with Crippen LogP contribution in [0.3, 0.4) is 0 Å². The van der Waals surface area contributed by atoms with E-state index in [-0.39, 0.29) is 5.92 Å². The van der Waals surface area contributed by atoms with Gasteiger partial charge in [-0.15, -0.1) is 0 Å². The first-order valence-electron chi connectivity index (χ1n) is 12.3. The van der Waals surface area contributed by atoms with Crippen molar-refractivity contribution in [3.8, 4) is 0 Å². The molecule has 1 atom stereocenters. The number of piperidine rings is 1. The summed E-state index contributed by atoms with van der Waals surface area (Å²) in [6.45, 7) is 1.75. The topological polar surface area (TPSA) is 33.2 Å². The summed E-state index contributed by atoms with van der Waals surface area (Å²) in [6.07, 6.45) is 13.2. The highest BCUT2D eigenvalue weighted by Gasteiger charge is 2.35. The smallest absolute Gasteiger partial charge is 0.222 e. The number of hydrogen-bond acceptors (Lipinski definition) is 2. The van der Waals surface area contributed by atoms with E-state index >= 15 is 0 Å². The zero-order valence-corrected chi connectivity index (χ0v) is 21.0. The molecule has 1 aliphatic heterocycles. The van der Waals surface area contributed by atoms with Gasteiger partial charge in [-0.2, -0.15) is 0 Å². The molecule has 0 bridgehead atoms. The molecule has 170 valence electrons. The molecule has 1 aromatic carbocycles. The minimum absolute atomic E-state index is 0.281. The highest BCUT2D eigenvalue weighted by atomic mass is 79.9. The molecule has 2 aromatic rings. The van der Waals surface area contributed by atoms with E-state index in [1.165, 1.54) is 54.5 Å². The number of aromatic nitrogens is 1. The van der Waals surface area contributed by atoms with Gasteiger partial charge < -0.3 is 4.90 Å². The van der Waals surface area contributed by atoms with Gasteiger partial charge in [0.1, 0.15) is 0 Å². The Morgan fingerprint density at radius 1 is 1.03 bits per heavy atom. The predicted octanol–water partition coefficient (Wildman–Crippen LogP) is 6.94. The fourth-order valence-electron chi connectivity index (χ4n) is 6.21. The number of carbonyl (C=O) groups excluding carboxylic acids is 1. The van der Waals surface area contributed by atoms with Gasteiger partial charge in [-0.1, -0.05) is 36.9 Å². The van der Waals surface area contributed by atoms with E-state index in [1.54, 1.807) is 0 Å². The molecule has 3 nitrogen and oxygen atoms in total. The van der Waals surface area contributed by atoms with E-state index in [1.807, 2.05) is 12.3 Å². The number of rotatable bonds is 3. The lowest BCUT2D eigenvalue weighted by Crippen LogP contribution is -2.40. The molecule has 1 unspecified atom stereocenters. The van der Waals surface area contributed by atoms with Crippen LogP contribution in [0.15, 0.2) is 34.9 Å². The summed E-state index contributed by atoms with van der Waals surface area (Å²) >= 11 is 9.98. The van der Waals surface area contributed by atoms with Gasteiger partial charge in [0.2, 0.25) is 5.91 Å². The van der Waals surface area contributed by atoms with E-state index in [0.717, 1.165) is 54.7 Å². The lowest BCUT2D eigenvalue weighted by Gasteiger charge is -2.37. The molecule has 5 heteroatoms. The van der Waals surface area contributed by atoms with E-state index in [2.05, 4.69) is 39.0 Å². The molecule has 3 aliphatic rings. The number of nitrogens with zero attached hydrogens (tertiary/aromatic N) is 2. The molecule has 1 saturated carbocycles. The first kappa shape index (κ1) is 22.4. The summed E-state index contributed by atoms with van der Waals surface area (Å²) in [7, 11) is 0. The summed E-state index contributed by atoms with van der Waals surface area (Å²) in [6, 6.07) is 8.64. The van der Waals surface area contributed by atoms with Crippen LogP contribution < -0.4 is 0 Å². The maximum absolute atomic E-state index is 13.0. The molecule has 0 radical (unpaired) electrons. The van der Waals surface area contributed by atoms with Crippen LogP contribution in [0.4, 0.5) is 0 Å². The number of amides is 1. The van der Waals surface area contributed by atoms with Gasteiger partial charge in [-0.3, -0.25) is 9.78 Å². The monoisotopic (exact) mass is 514 g/mol. The van der Waals surface area contributed by atoms with Gasteiger partial charge in [0.25, 0.3) is 0 Å². The quantitative estimate of drug-likeness (QED) is 0.444. The minimum Gasteiger partial charge on any atom is -0.343 e. The third-order valence-corrected chi connectivity index (χ3v) is 8.59. The number of likely N-dealkylation sites (tertiary alicyclic amines) is 1. The van der Waals surface area contributed by atoms with Crippen molar-refractivity contribution in [2.24, 2.45) is 11.8 Å². The number of halogens is 2. The standard InChI is InChI=1S/C27H32BrClN2O/c28-22-15-21-7-6-20-16-23(29)8-9-24(20)26(27(21)30-17-22)19-10-12-31(13-11-19)25(32)14-18-4-2-1-3-5-18/h8-9,15-19,26H,1-7,10-14H2. The lowest BCUT2D eigenvalue weighted by molar-refractivity contribution is -0.133. The number of carbonyl (C=O) groups is 1. The summed E-state index contributed by atoms with van der Waals surface area (Å²) in [5.74, 6) is 1.77. The number of hydrogen-bond donors (Lipinski definition) is 0. The second-order valence-corrected chi connectivity index (χ2v) is 11.3. The Morgan fingerprint density at radius 3 is 2.56 bits per heavy atom. The van der Waals surface area contributed by atoms with Crippen molar-refractivity contribution < 1.29 is 4.79 Å². The van der Waals surface area contributed by atoms with Gasteiger partial charge in [0.05, 0.1) is 5.69 Å². The van der Waals surface area contributed by atoms with Crippen molar-refractivity contribution in [1.82, 2.24) is 9.88 Å². The zero-order chi connectivity index (χ0) is 22.1. The molecule has 0 spiro atoms. The minimum atomic E-state index is 0.281. The van der Waals surface area contributed by atoms with Crippen molar-refractivity contribution in [3.05, 3.63) is 62.3 Å². The molecule has 1 saturated heterocycles. The van der Waals surface area contributed by atoms with E-state index < -0.39 is 0 Å². The number of benzene rings is 1. The average Bonchev–Trinajstić information content (AvgIpc) is 2.96. The number of fused-ring (bicyclic) bond motifs is 2. The molecule has 2 aliphatic carbocycles. The van der Waals surface area contributed by atoms with Gasteiger partial charge in [0, 0.05) is 41.1 Å². The van der Waals surface area contributed by atoms with Gasteiger partial charge >= 0.3 is 0 Å². The van der Waals surface area contributed by atoms with Gasteiger partial charge in [-0.25, -0.2) is 0 Å². The Balaban J connectivity index is 1.35. The molecule has 1 amide bonds. The Labute approximate surface area is 205 Å².